The highest BCUT2D eigenvalue weighted by Gasteiger charge is 2.39. The molecule has 0 aliphatic heterocycles. The van der Waals surface area contributed by atoms with Crippen LogP contribution in [0.15, 0.2) is 91.0 Å². The van der Waals surface area contributed by atoms with E-state index in [9.17, 15) is 9.67 Å². The molecule has 0 bridgehead atoms. The van der Waals surface area contributed by atoms with Crippen molar-refractivity contribution in [1.82, 2.24) is 0 Å². The van der Waals surface area contributed by atoms with Crippen molar-refractivity contribution >= 4 is 7.60 Å². The molecule has 3 aromatic carbocycles. The number of aliphatic hydroxyl groups excluding tert-OH is 1. The zero-order valence-electron chi connectivity index (χ0n) is 12.9. The minimum absolute atomic E-state index is 0.367. The molecule has 0 spiro atoms. The Bertz CT molecular complexity index is 761. The van der Waals surface area contributed by atoms with E-state index in [2.05, 4.69) is 0 Å². The van der Waals surface area contributed by atoms with Crippen LogP contribution in [-0.4, -0.2) is 5.11 Å². The fraction of sp³-hybridized carbons (Fsp3) is 0.0526. The second-order valence-electron chi connectivity index (χ2n) is 5.13. The van der Waals surface area contributed by atoms with Crippen molar-refractivity contribution in [1.29, 1.82) is 0 Å². The fourth-order valence-electron chi connectivity index (χ4n) is 2.18. The van der Waals surface area contributed by atoms with Gasteiger partial charge in [0.25, 0.3) is 0 Å². The van der Waals surface area contributed by atoms with E-state index >= 15 is 0 Å². The molecule has 0 aliphatic rings. The van der Waals surface area contributed by atoms with E-state index in [1.807, 2.05) is 18.2 Å². The Morgan fingerprint density at radius 1 is 0.667 bits per heavy atom. The van der Waals surface area contributed by atoms with E-state index in [0.29, 0.717) is 17.1 Å². The molecule has 3 rings (SSSR count). The molecule has 0 heterocycles. The van der Waals surface area contributed by atoms with Crippen LogP contribution in [0.4, 0.5) is 0 Å². The summed E-state index contributed by atoms with van der Waals surface area (Å²) in [5.74, 6) is -0.669. The van der Waals surface area contributed by atoms with Gasteiger partial charge in [-0.2, -0.15) is 0 Å². The number of para-hydroxylation sites is 2. The Labute approximate surface area is 140 Å². The first-order valence-electron chi connectivity index (χ1n) is 7.49. The molecule has 4 nitrogen and oxygen atoms in total. The number of rotatable bonds is 6. The van der Waals surface area contributed by atoms with Gasteiger partial charge >= 0.3 is 7.60 Å². The normalized spacial score (nSPS) is 12.4. The molecule has 1 atom stereocenters. The van der Waals surface area contributed by atoms with Gasteiger partial charge < -0.3 is 14.2 Å². The predicted octanol–water partition coefficient (Wildman–Crippen LogP) is 5.03. The lowest BCUT2D eigenvalue weighted by Crippen LogP contribution is -2.10. The summed E-state index contributed by atoms with van der Waals surface area (Å²) in [6, 6.07) is 26.0. The van der Waals surface area contributed by atoms with Gasteiger partial charge in [0.15, 0.2) is 0 Å². The predicted molar refractivity (Wildman–Crippen MR) is 93.1 cm³/mol. The number of benzene rings is 3. The molecule has 0 saturated carbocycles. The van der Waals surface area contributed by atoms with Gasteiger partial charge in [-0.25, -0.2) is 4.57 Å². The van der Waals surface area contributed by atoms with Crippen LogP contribution in [0.3, 0.4) is 0 Å². The first kappa shape index (κ1) is 16.3. The van der Waals surface area contributed by atoms with E-state index in [-0.39, 0.29) is 0 Å². The van der Waals surface area contributed by atoms with Crippen molar-refractivity contribution in [3.63, 3.8) is 0 Å². The average molecular weight is 340 g/mol. The van der Waals surface area contributed by atoms with Crippen LogP contribution in [0.25, 0.3) is 0 Å². The van der Waals surface area contributed by atoms with Crippen LogP contribution in [-0.2, 0) is 4.57 Å². The summed E-state index contributed by atoms with van der Waals surface area (Å²) in [5, 5.41) is 10.6. The van der Waals surface area contributed by atoms with Gasteiger partial charge in [0.2, 0.25) is 5.85 Å². The van der Waals surface area contributed by atoms with E-state index in [1.54, 1.807) is 72.8 Å². The molecule has 0 unspecified atom stereocenters. The van der Waals surface area contributed by atoms with Gasteiger partial charge in [0.1, 0.15) is 11.5 Å². The van der Waals surface area contributed by atoms with Crippen LogP contribution in [0.5, 0.6) is 11.5 Å². The molecule has 0 radical (unpaired) electrons. The van der Waals surface area contributed by atoms with Gasteiger partial charge in [-0.05, 0) is 29.8 Å². The van der Waals surface area contributed by atoms with Crippen molar-refractivity contribution in [2.75, 3.05) is 0 Å². The smallest absolute Gasteiger partial charge is 0.414 e. The highest BCUT2D eigenvalue weighted by molar-refractivity contribution is 7.54. The van der Waals surface area contributed by atoms with Crippen LogP contribution < -0.4 is 9.05 Å². The second-order valence-corrected chi connectivity index (χ2v) is 7.07. The van der Waals surface area contributed by atoms with Crippen LogP contribution in [0.2, 0.25) is 0 Å². The molecule has 0 fully saturated rings. The highest BCUT2D eigenvalue weighted by atomic mass is 31.2. The van der Waals surface area contributed by atoms with E-state index in [1.165, 1.54) is 0 Å². The van der Waals surface area contributed by atoms with Crippen LogP contribution >= 0.6 is 7.60 Å². The van der Waals surface area contributed by atoms with Gasteiger partial charge in [-0.3, -0.25) is 0 Å². The maximum atomic E-state index is 13.4. The lowest BCUT2D eigenvalue weighted by molar-refractivity contribution is 0.212. The summed E-state index contributed by atoms with van der Waals surface area (Å²) in [4.78, 5) is 0. The van der Waals surface area contributed by atoms with Crippen molar-refractivity contribution in [3.05, 3.63) is 96.6 Å². The van der Waals surface area contributed by atoms with E-state index < -0.39 is 13.4 Å². The molecular formula is C19H17O4P. The van der Waals surface area contributed by atoms with Crippen molar-refractivity contribution in [2.45, 2.75) is 5.85 Å². The monoisotopic (exact) mass is 340 g/mol. The Morgan fingerprint density at radius 3 is 1.46 bits per heavy atom. The molecule has 0 aromatic heterocycles. The highest BCUT2D eigenvalue weighted by Crippen LogP contribution is 2.58. The molecule has 122 valence electrons. The first-order valence-corrected chi connectivity index (χ1v) is 9.10. The summed E-state index contributed by atoms with van der Waals surface area (Å²) in [5.41, 5.74) is 0.465. The Hall–Kier alpha value is -2.55. The number of hydrogen-bond acceptors (Lipinski definition) is 4. The fourth-order valence-corrected chi connectivity index (χ4v) is 3.79. The zero-order chi connectivity index (χ0) is 16.8. The third kappa shape index (κ3) is 3.85. The summed E-state index contributed by atoms with van der Waals surface area (Å²) in [7, 11) is -3.92. The van der Waals surface area contributed by atoms with Crippen molar-refractivity contribution in [3.8, 4) is 11.5 Å². The zero-order valence-corrected chi connectivity index (χ0v) is 13.8. The van der Waals surface area contributed by atoms with Gasteiger partial charge in [-0.15, -0.1) is 0 Å². The molecule has 1 N–H and O–H groups in total. The average Bonchev–Trinajstić information content (AvgIpc) is 2.63. The quantitative estimate of drug-likeness (QED) is 0.640. The summed E-state index contributed by atoms with van der Waals surface area (Å²) < 4.78 is 24.6. The number of aliphatic hydroxyl groups is 1. The molecule has 3 aromatic rings. The lowest BCUT2D eigenvalue weighted by Gasteiger charge is -2.24. The van der Waals surface area contributed by atoms with E-state index in [0.717, 1.165) is 0 Å². The Kier molecular flexibility index (Phi) is 4.99. The van der Waals surface area contributed by atoms with Gasteiger partial charge in [-0.1, -0.05) is 66.7 Å². The topological polar surface area (TPSA) is 55.8 Å². The molecule has 24 heavy (non-hydrogen) atoms. The van der Waals surface area contributed by atoms with Gasteiger partial charge in [0, 0.05) is 0 Å². The van der Waals surface area contributed by atoms with Gasteiger partial charge in [0.05, 0.1) is 0 Å². The third-order valence-corrected chi connectivity index (χ3v) is 5.18. The maximum Gasteiger partial charge on any atom is 0.463 e. The summed E-state index contributed by atoms with van der Waals surface area (Å²) in [6.07, 6.45) is 0. The summed E-state index contributed by atoms with van der Waals surface area (Å²) >= 11 is 0. The maximum absolute atomic E-state index is 13.4. The molecule has 0 amide bonds. The van der Waals surface area contributed by atoms with Crippen LogP contribution in [0.1, 0.15) is 11.4 Å². The van der Waals surface area contributed by atoms with Crippen molar-refractivity contribution < 1.29 is 18.7 Å². The van der Waals surface area contributed by atoms with E-state index in [4.69, 9.17) is 9.05 Å². The summed E-state index contributed by atoms with van der Waals surface area (Å²) in [6.45, 7) is 0. The molecular weight excluding hydrogens is 323 g/mol. The Morgan fingerprint density at radius 2 is 1.04 bits per heavy atom. The largest absolute Gasteiger partial charge is 0.463 e. The molecule has 5 heteroatoms. The standard InChI is InChI=1S/C19H17O4P/c20-19(16-10-4-1-5-11-16)24(21,22-17-12-6-2-7-13-17)23-18-14-8-3-9-15-18/h1-15,19-20H/t19-/m1/s1. The first-order chi connectivity index (χ1) is 11.7. The van der Waals surface area contributed by atoms with Crippen molar-refractivity contribution in [2.24, 2.45) is 0 Å². The third-order valence-electron chi connectivity index (χ3n) is 3.35. The SMILES string of the molecule is O=P(Oc1ccccc1)(Oc1ccccc1)[C@@H](O)c1ccccc1. The Balaban J connectivity index is 1.95. The second kappa shape index (κ2) is 7.35. The number of hydrogen-bond donors (Lipinski definition) is 1. The van der Waals surface area contributed by atoms with Crippen LogP contribution in [0, 0.1) is 0 Å². The lowest BCUT2D eigenvalue weighted by atomic mass is 10.2. The minimum Gasteiger partial charge on any atom is -0.414 e. The molecule has 0 aliphatic carbocycles. The molecule has 0 saturated heterocycles. The minimum atomic E-state index is -3.92.